The Bertz CT molecular complexity index is 855. The molecule has 148 valence electrons. The number of imide groups is 1. The van der Waals surface area contributed by atoms with Gasteiger partial charge in [0, 0.05) is 15.9 Å². The largest absolute Gasteiger partial charge is 0.325 e. The summed E-state index contributed by atoms with van der Waals surface area (Å²) in [6.07, 6.45) is 9.23. The smallest absolute Gasteiger partial charge is 0.319 e. The van der Waals surface area contributed by atoms with Crippen molar-refractivity contribution in [2.75, 3.05) is 6.54 Å². The predicted molar refractivity (Wildman–Crippen MR) is 105 cm³/mol. The van der Waals surface area contributed by atoms with Crippen LogP contribution in [0.5, 0.6) is 0 Å². The Kier molecular flexibility index (Phi) is 3.49. The number of nitrogens with zero attached hydrogens (tertiary/aromatic N) is 1. The molecule has 6 aliphatic rings. The van der Waals surface area contributed by atoms with Gasteiger partial charge in [-0.2, -0.15) is 0 Å². The monoisotopic (exact) mass is 398 g/mol. The van der Waals surface area contributed by atoms with E-state index >= 15 is 0 Å². The van der Waals surface area contributed by atoms with Gasteiger partial charge in [-0.25, -0.2) is 4.79 Å². The molecular formula is C22H26N2O3S. The topological polar surface area (TPSA) is 66.5 Å². The lowest BCUT2D eigenvalue weighted by Crippen LogP contribution is -2.53. The minimum absolute atomic E-state index is 0.0436. The van der Waals surface area contributed by atoms with Gasteiger partial charge in [0.05, 0.1) is 6.54 Å². The first-order valence-electron chi connectivity index (χ1n) is 10.7. The average Bonchev–Trinajstić information content (AvgIpc) is 3.21. The van der Waals surface area contributed by atoms with Crippen LogP contribution in [-0.2, 0) is 21.5 Å². The normalized spacial score (nSPS) is 40.9. The highest BCUT2D eigenvalue weighted by atomic mass is 32.1. The Hall–Kier alpha value is -1.69. The highest BCUT2D eigenvalue weighted by Crippen LogP contribution is 2.60. The molecule has 1 aromatic rings. The summed E-state index contributed by atoms with van der Waals surface area (Å²) < 4.78 is 0. The van der Waals surface area contributed by atoms with Gasteiger partial charge in [-0.15, -0.1) is 11.3 Å². The molecule has 0 aromatic carbocycles. The number of Topliss-reactive ketones (excluding diaryl/α,β-unsaturated/α-hetero) is 1. The van der Waals surface area contributed by atoms with Gasteiger partial charge in [0.25, 0.3) is 5.91 Å². The van der Waals surface area contributed by atoms with Crippen molar-refractivity contribution in [2.45, 2.75) is 63.3 Å². The SMILES string of the molecule is O=C1N[C@@]2(CCCc3sccc32)C(=O)N1CC(=O)C12CC3CC(CC(C3)C1)C2. The second-order valence-electron chi connectivity index (χ2n) is 9.96. The van der Waals surface area contributed by atoms with Gasteiger partial charge < -0.3 is 5.32 Å². The standard InChI is InChI=1S/C22H26N2O3S/c25-18(21-9-13-6-14(10-21)8-15(7-13)11-21)12-24-19(26)22(23-20(24)27)4-1-2-17-16(22)3-5-28-17/h3,5,13-15H,1-2,4,6-12H2,(H,23,27)/t13?,14?,15?,21?,22-/m1/s1. The van der Waals surface area contributed by atoms with Crippen LogP contribution in [0.15, 0.2) is 11.4 Å². The lowest BCUT2D eigenvalue weighted by Gasteiger charge is -2.56. The van der Waals surface area contributed by atoms with Gasteiger partial charge in [-0.3, -0.25) is 14.5 Å². The Morgan fingerprint density at radius 3 is 2.50 bits per heavy atom. The first-order chi connectivity index (χ1) is 13.5. The van der Waals surface area contributed by atoms with Crippen molar-refractivity contribution in [2.24, 2.45) is 23.2 Å². The second-order valence-corrected chi connectivity index (χ2v) is 11.0. The van der Waals surface area contributed by atoms with E-state index in [9.17, 15) is 14.4 Å². The number of carbonyl (C=O) groups excluding carboxylic acids is 3. The fourth-order valence-electron chi connectivity index (χ4n) is 7.45. The zero-order chi connectivity index (χ0) is 19.1. The number of carbonyl (C=O) groups is 3. The number of hydrogen-bond acceptors (Lipinski definition) is 4. The first kappa shape index (κ1) is 17.2. The first-order valence-corrected chi connectivity index (χ1v) is 11.6. The third kappa shape index (κ3) is 2.21. The quantitative estimate of drug-likeness (QED) is 0.791. The maximum Gasteiger partial charge on any atom is 0.325 e. The molecule has 2 heterocycles. The van der Waals surface area contributed by atoms with Crippen LogP contribution in [0.1, 0.15) is 61.8 Å². The average molecular weight is 399 g/mol. The molecule has 1 aliphatic heterocycles. The van der Waals surface area contributed by atoms with Crippen LogP contribution >= 0.6 is 11.3 Å². The van der Waals surface area contributed by atoms with E-state index in [2.05, 4.69) is 5.32 Å². The van der Waals surface area contributed by atoms with Crippen molar-refractivity contribution in [3.8, 4) is 0 Å². The summed E-state index contributed by atoms with van der Waals surface area (Å²) in [5.74, 6) is 1.95. The highest BCUT2D eigenvalue weighted by molar-refractivity contribution is 7.10. The summed E-state index contributed by atoms with van der Waals surface area (Å²) in [7, 11) is 0. The van der Waals surface area contributed by atoms with Gasteiger partial charge in [0.2, 0.25) is 0 Å². The van der Waals surface area contributed by atoms with E-state index in [1.54, 1.807) is 11.3 Å². The molecule has 1 aromatic heterocycles. The van der Waals surface area contributed by atoms with Crippen LogP contribution in [0.3, 0.4) is 0 Å². The van der Waals surface area contributed by atoms with E-state index in [0.29, 0.717) is 24.2 Å². The number of thiophene rings is 1. The molecule has 4 bridgehead atoms. The van der Waals surface area contributed by atoms with Crippen molar-refractivity contribution in [3.63, 3.8) is 0 Å². The number of nitrogens with one attached hydrogen (secondary N) is 1. The molecule has 1 N–H and O–H groups in total. The highest BCUT2D eigenvalue weighted by Gasteiger charge is 2.58. The number of urea groups is 1. The molecule has 0 unspecified atom stereocenters. The molecule has 5 nitrogen and oxygen atoms in total. The van der Waals surface area contributed by atoms with E-state index in [4.69, 9.17) is 0 Å². The fraction of sp³-hybridized carbons (Fsp3) is 0.682. The van der Waals surface area contributed by atoms with Crippen LogP contribution in [0.2, 0.25) is 0 Å². The lowest BCUT2D eigenvalue weighted by molar-refractivity contribution is -0.147. The number of aryl methyl sites for hydroxylation is 1. The number of fused-ring (bicyclic) bond motifs is 2. The minimum Gasteiger partial charge on any atom is -0.319 e. The zero-order valence-electron chi connectivity index (χ0n) is 16.0. The maximum atomic E-state index is 13.4. The van der Waals surface area contributed by atoms with Crippen LogP contribution < -0.4 is 5.32 Å². The van der Waals surface area contributed by atoms with Gasteiger partial charge >= 0.3 is 6.03 Å². The van der Waals surface area contributed by atoms with E-state index in [1.807, 2.05) is 11.4 Å². The van der Waals surface area contributed by atoms with E-state index in [-0.39, 0.29) is 29.7 Å². The maximum absolute atomic E-state index is 13.4. The van der Waals surface area contributed by atoms with Crippen molar-refractivity contribution in [1.29, 1.82) is 0 Å². The Balaban J connectivity index is 1.27. The molecule has 5 aliphatic carbocycles. The molecule has 1 spiro atoms. The molecule has 0 radical (unpaired) electrons. The number of rotatable bonds is 3. The van der Waals surface area contributed by atoms with Gasteiger partial charge in [0.1, 0.15) is 5.54 Å². The Labute approximate surface area is 168 Å². The third-order valence-corrected chi connectivity index (χ3v) is 9.25. The molecule has 3 amide bonds. The van der Waals surface area contributed by atoms with Crippen LogP contribution in [0.4, 0.5) is 4.79 Å². The zero-order valence-corrected chi connectivity index (χ0v) is 16.9. The summed E-state index contributed by atoms with van der Waals surface area (Å²) in [6, 6.07) is 1.59. The third-order valence-electron chi connectivity index (χ3n) is 8.27. The fourth-order valence-corrected chi connectivity index (χ4v) is 8.45. The van der Waals surface area contributed by atoms with Crippen LogP contribution in [-0.4, -0.2) is 29.2 Å². The minimum atomic E-state index is -0.938. The van der Waals surface area contributed by atoms with Crippen LogP contribution in [0, 0.1) is 23.2 Å². The summed E-state index contributed by atoms with van der Waals surface area (Å²) in [5.41, 5.74) is -0.260. The molecule has 5 fully saturated rings. The van der Waals surface area contributed by atoms with Crippen LogP contribution in [0.25, 0.3) is 0 Å². The number of hydrogen-bond donors (Lipinski definition) is 1. The molecule has 1 atom stereocenters. The van der Waals surface area contributed by atoms with Crippen molar-refractivity contribution in [1.82, 2.24) is 10.2 Å². The molecule has 28 heavy (non-hydrogen) atoms. The number of amides is 3. The van der Waals surface area contributed by atoms with Gasteiger partial charge in [-0.05, 0) is 87.0 Å². The Morgan fingerprint density at radius 2 is 1.82 bits per heavy atom. The van der Waals surface area contributed by atoms with Gasteiger partial charge in [0.15, 0.2) is 5.78 Å². The molecule has 4 saturated carbocycles. The summed E-state index contributed by atoms with van der Waals surface area (Å²) in [4.78, 5) is 42.1. The Morgan fingerprint density at radius 1 is 1.14 bits per heavy atom. The molecule has 7 rings (SSSR count). The van der Waals surface area contributed by atoms with Crippen molar-refractivity contribution in [3.05, 3.63) is 21.9 Å². The second kappa shape index (κ2) is 5.68. The van der Waals surface area contributed by atoms with E-state index < -0.39 is 5.54 Å². The predicted octanol–water partition coefficient (Wildman–Crippen LogP) is 3.62. The van der Waals surface area contributed by atoms with Crippen molar-refractivity contribution >= 4 is 29.1 Å². The van der Waals surface area contributed by atoms with E-state index in [0.717, 1.165) is 37.7 Å². The summed E-state index contributed by atoms with van der Waals surface area (Å²) in [5, 5.41) is 4.98. The number of ketones is 1. The van der Waals surface area contributed by atoms with Crippen molar-refractivity contribution < 1.29 is 14.4 Å². The lowest BCUT2D eigenvalue weighted by atomic mass is 9.48. The molecule has 6 heteroatoms. The summed E-state index contributed by atoms with van der Waals surface area (Å²) in [6.45, 7) is -0.0436. The molecule has 1 saturated heterocycles. The van der Waals surface area contributed by atoms with E-state index in [1.165, 1.54) is 29.0 Å². The summed E-state index contributed by atoms with van der Waals surface area (Å²) >= 11 is 1.65. The molecular weight excluding hydrogens is 372 g/mol. The van der Waals surface area contributed by atoms with Gasteiger partial charge in [-0.1, -0.05) is 0 Å².